The summed E-state index contributed by atoms with van der Waals surface area (Å²) in [6.45, 7) is 19.6. The van der Waals surface area contributed by atoms with E-state index in [1.807, 2.05) is 6.92 Å². The second-order valence-corrected chi connectivity index (χ2v) is 12.9. The van der Waals surface area contributed by atoms with E-state index in [1.54, 1.807) is 12.5 Å². The molecule has 2 aromatic heterocycles. The molecule has 0 aliphatic carbocycles. The number of piperidine rings is 1. The van der Waals surface area contributed by atoms with Crippen LogP contribution in [0.15, 0.2) is 42.9 Å². The van der Waals surface area contributed by atoms with Gasteiger partial charge < -0.3 is 10.2 Å². The van der Waals surface area contributed by atoms with Gasteiger partial charge in [0, 0.05) is 23.1 Å². The fourth-order valence-corrected chi connectivity index (χ4v) is 5.87. The molecule has 0 spiro atoms. The molecule has 1 aromatic carbocycles. The van der Waals surface area contributed by atoms with E-state index in [-0.39, 0.29) is 11.3 Å². The number of hydrogen-bond acceptors (Lipinski definition) is 6. The molecule has 1 aliphatic rings. The second-order valence-electron chi connectivity index (χ2n) is 11.8. The van der Waals surface area contributed by atoms with E-state index in [0.29, 0.717) is 17.3 Å². The molecule has 7 heteroatoms. The monoisotopic (exact) mass is 543 g/mol. The van der Waals surface area contributed by atoms with Gasteiger partial charge in [-0.2, -0.15) is 0 Å². The number of rotatable bonds is 7. The molecule has 206 valence electrons. The summed E-state index contributed by atoms with van der Waals surface area (Å²) in [5.74, 6) is 0.489. The van der Waals surface area contributed by atoms with Crippen LogP contribution in [-0.2, 0) is 12.0 Å². The standard InChI is InChI=1S/C32H41N5OS/c1-20(2)28-26(16-22(4)23-11-13-37(8)14-12-23)35-19-36-29(28)24-9-10-25(21(3)15-24)17-33-30(38)27-18-34-31(39-27)32(5,6)7/h9-10,15-16,18-19,23H,1,11-14,17H2,2-8H3,(H,33,38)/b22-16+. The van der Waals surface area contributed by atoms with Crippen LogP contribution in [0.3, 0.4) is 0 Å². The number of allylic oxidation sites excluding steroid dienone is 2. The lowest BCUT2D eigenvalue weighted by Crippen LogP contribution is -2.30. The van der Waals surface area contributed by atoms with E-state index in [4.69, 9.17) is 0 Å². The minimum absolute atomic E-state index is 0.0689. The molecule has 0 atom stereocenters. The number of amides is 1. The minimum Gasteiger partial charge on any atom is -0.347 e. The maximum atomic E-state index is 12.8. The van der Waals surface area contributed by atoms with Gasteiger partial charge in [0.05, 0.1) is 22.6 Å². The van der Waals surface area contributed by atoms with E-state index in [1.165, 1.54) is 29.8 Å². The maximum absolute atomic E-state index is 12.8. The zero-order valence-corrected chi connectivity index (χ0v) is 25.2. The van der Waals surface area contributed by atoms with Crippen molar-refractivity contribution in [2.75, 3.05) is 20.1 Å². The fraction of sp³-hybridized carbons (Fsp3) is 0.438. The molecule has 1 fully saturated rings. The average Bonchev–Trinajstić information content (AvgIpc) is 3.39. The molecule has 39 heavy (non-hydrogen) atoms. The van der Waals surface area contributed by atoms with Crippen molar-refractivity contribution in [3.05, 3.63) is 75.1 Å². The first-order valence-corrected chi connectivity index (χ1v) is 14.5. The van der Waals surface area contributed by atoms with Gasteiger partial charge in [0.25, 0.3) is 5.91 Å². The van der Waals surface area contributed by atoms with E-state index in [0.717, 1.165) is 57.3 Å². The fourth-order valence-electron chi connectivity index (χ4n) is 4.98. The predicted octanol–water partition coefficient (Wildman–Crippen LogP) is 6.91. The number of carbonyl (C=O) groups is 1. The third kappa shape index (κ3) is 6.89. The second kappa shape index (κ2) is 11.9. The molecule has 3 heterocycles. The summed E-state index contributed by atoms with van der Waals surface area (Å²) >= 11 is 1.45. The highest BCUT2D eigenvalue weighted by Crippen LogP contribution is 2.32. The Morgan fingerprint density at radius 2 is 1.90 bits per heavy atom. The quantitative estimate of drug-likeness (QED) is 0.350. The van der Waals surface area contributed by atoms with Crippen molar-refractivity contribution in [1.29, 1.82) is 0 Å². The van der Waals surface area contributed by atoms with Gasteiger partial charge in [0.15, 0.2) is 0 Å². The van der Waals surface area contributed by atoms with E-state index in [2.05, 4.69) is 97.7 Å². The largest absolute Gasteiger partial charge is 0.347 e. The number of thiazole rings is 1. The van der Waals surface area contributed by atoms with Crippen molar-refractivity contribution in [3.8, 4) is 11.3 Å². The van der Waals surface area contributed by atoms with Gasteiger partial charge in [-0.05, 0) is 88.5 Å². The zero-order chi connectivity index (χ0) is 28.3. The molecule has 3 aromatic rings. The summed E-state index contributed by atoms with van der Waals surface area (Å²) in [6.07, 6.45) is 7.91. The van der Waals surface area contributed by atoms with Crippen LogP contribution in [0.5, 0.6) is 0 Å². The first-order valence-electron chi connectivity index (χ1n) is 13.7. The van der Waals surface area contributed by atoms with Crippen molar-refractivity contribution >= 4 is 28.9 Å². The molecule has 1 aliphatic heterocycles. The van der Waals surface area contributed by atoms with Crippen molar-refractivity contribution in [1.82, 2.24) is 25.2 Å². The third-order valence-corrected chi connectivity index (χ3v) is 8.88. The van der Waals surface area contributed by atoms with Crippen LogP contribution in [-0.4, -0.2) is 45.9 Å². The van der Waals surface area contributed by atoms with Gasteiger partial charge >= 0.3 is 0 Å². The van der Waals surface area contributed by atoms with Crippen LogP contribution in [0.4, 0.5) is 0 Å². The molecule has 4 rings (SSSR count). The van der Waals surface area contributed by atoms with Crippen LogP contribution >= 0.6 is 11.3 Å². The number of carbonyl (C=O) groups excluding carboxylic acids is 1. The normalized spacial score (nSPS) is 15.4. The molecular weight excluding hydrogens is 502 g/mol. The topological polar surface area (TPSA) is 71.0 Å². The van der Waals surface area contributed by atoms with Gasteiger partial charge in [-0.3, -0.25) is 4.79 Å². The smallest absolute Gasteiger partial charge is 0.263 e. The number of nitrogens with one attached hydrogen (secondary N) is 1. The number of aryl methyl sites for hydroxylation is 1. The van der Waals surface area contributed by atoms with E-state index >= 15 is 0 Å². The highest BCUT2D eigenvalue weighted by atomic mass is 32.1. The molecular formula is C32H41N5OS. The van der Waals surface area contributed by atoms with E-state index < -0.39 is 0 Å². The Bertz CT molecular complexity index is 1390. The van der Waals surface area contributed by atoms with Crippen molar-refractivity contribution in [2.24, 2.45) is 5.92 Å². The van der Waals surface area contributed by atoms with Gasteiger partial charge in [-0.25, -0.2) is 15.0 Å². The minimum atomic E-state index is -0.0942. The molecule has 6 nitrogen and oxygen atoms in total. The zero-order valence-electron chi connectivity index (χ0n) is 24.4. The summed E-state index contributed by atoms with van der Waals surface area (Å²) in [5.41, 5.74) is 8.23. The third-order valence-electron chi connectivity index (χ3n) is 7.46. The molecule has 1 saturated heterocycles. The molecule has 0 saturated carbocycles. The first-order chi connectivity index (χ1) is 18.4. The molecule has 0 unspecified atom stereocenters. The van der Waals surface area contributed by atoms with Gasteiger partial charge in [-0.15, -0.1) is 11.3 Å². The molecule has 0 bridgehead atoms. The van der Waals surface area contributed by atoms with Gasteiger partial charge in [0.2, 0.25) is 0 Å². The molecule has 0 radical (unpaired) electrons. The van der Waals surface area contributed by atoms with Crippen LogP contribution in [0.1, 0.15) is 84.5 Å². The highest BCUT2D eigenvalue weighted by Gasteiger charge is 2.21. The summed E-state index contributed by atoms with van der Waals surface area (Å²) in [4.78, 5) is 29.6. The number of likely N-dealkylation sites (tertiary alicyclic amines) is 1. The first kappa shape index (κ1) is 28.8. The lowest BCUT2D eigenvalue weighted by Gasteiger charge is -2.29. The highest BCUT2D eigenvalue weighted by molar-refractivity contribution is 7.13. The maximum Gasteiger partial charge on any atom is 0.263 e. The van der Waals surface area contributed by atoms with Crippen LogP contribution in [0, 0.1) is 12.8 Å². The Morgan fingerprint density at radius 3 is 2.51 bits per heavy atom. The number of hydrogen-bond donors (Lipinski definition) is 1. The molecule has 1 N–H and O–H groups in total. The lowest BCUT2D eigenvalue weighted by atomic mass is 9.88. The number of nitrogens with zero attached hydrogens (tertiary/aromatic N) is 4. The van der Waals surface area contributed by atoms with Gasteiger partial charge in [-0.1, -0.05) is 45.1 Å². The number of benzene rings is 1. The predicted molar refractivity (Wildman–Crippen MR) is 163 cm³/mol. The Morgan fingerprint density at radius 1 is 1.18 bits per heavy atom. The van der Waals surface area contributed by atoms with Crippen LogP contribution in [0.25, 0.3) is 22.9 Å². The summed E-state index contributed by atoms with van der Waals surface area (Å²) in [7, 11) is 2.19. The molecule has 1 amide bonds. The van der Waals surface area contributed by atoms with E-state index in [9.17, 15) is 4.79 Å². The van der Waals surface area contributed by atoms with Gasteiger partial charge in [0.1, 0.15) is 11.2 Å². The Labute approximate surface area is 237 Å². The van der Waals surface area contributed by atoms with Crippen molar-refractivity contribution < 1.29 is 4.79 Å². The summed E-state index contributed by atoms with van der Waals surface area (Å²) in [5, 5.41) is 4.02. The van der Waals surface area contributed by atoms with Crippen molar-refractivity contribution in [3.63, 3.8) is 0 Å². The Balaban J connectivity index is 1.54. The van der Waals surface area contributed by atoms with Crippen LogP contribution in [0.2, 0.25) is 0 Å². The Hall–Kier alpha value is -3.16. The summed E-state index contributed by atoms with van der Waals surface area (Å²) < 4.78 is 0. The lowest BCUT2D eigenvalue weighted by molar-refractivity contribution is 0.0954. The van der Waals surface area contributed by atoms with Crippen LogP contribution < -0.4 is 5.32 Å². The SMILES string of the molecule is C=C(C)c1c(/C=C(\C)C2CCN(C)CC2)ncnc1-c1ccc(CNC(=O)c2cnc(C(C)(C)C)s2)c(C)c1. The Kier molecular flexibility index (Phi) is 8.82. The average molecular weight is 544 g/mol. The number of aromatic nitrogens is 3. The summed E-state index contributed by atoms with van der Waals surface area (Å²) in [6, 6.07) is 6.28. The van der Waals surface area contributed by atoms with Crippen molar-refractivity contribution in [2.45, 2.75) is 66.3 Å².